The number of carbonyl (C=O) groups excluding carboxylic acids is 2. The Hall–Kier alpha value is -2.64. The van der Waals surface area contributed by atoms with Gasteiger partial charge < -0.3 is 14.8 Å². The zero-order valence-electron chi connectivity index (χ0n) is 12.9. The summed E-state index contributed by atoms with van der Waals surface area (Å²) < 4.78 is 9.69. The first kappa shape index (κ1) is 17.7. The van der Waals surface area contributed by atoms with E-state index in [1.807, 2.05) is 0 Å². The molecule has 0 aliphatic heterocycles. The van der Waals surface area contributed by atoms with E-state index in [1.165, 1.54) is 19.4 Å². The molecule has 0 spiro atoms. The number of methoxy groups -OCH3 is 1. The number of pyridine rings is 1. The molecule has 7 nitrogen and oxygen atoms in total. The van der Waals surface area contributed by atoms with Crippen LogP contribution in [0.2, 0.25) is 5.15 Å². The van der Waals surface area contributed by atoms with E-state index < -0.39 is 6.09 Å². The summed E-state index contributed by atoms with van der Waals surface area (Å²) in [6, 6.07) is 9.78. The molecular formula is C16H16ClN3O4. The van der Waals surface area contributed by atoms with Gasteiger partial charge in [-0.05, 0) is 30.3 Å². The Kier molecular flexibility index (Phi) is 6.53. The maximum Gasteiger partial charge on any atom is 0.411 e. The lowest BCUT2D eigenvalue weighted by molar-refractivity contribution is 0.102. The van der Waals surface area contributed by atoms with Crippen LogP contribution in [0, 0.1) is 0 Å². The first-order chi connectivity index (χ1) is 11.6. The summed E-state index contributed by atoms with van der Waals surface area (Å²) in [6.07, 6.45) is 0.782. The third-order valence-corrected chi connectivity index (χ3v) is 3.10. The Morgan fingerprint density at radius 2 is 1.88 bits per heavy atom. The highest BCUT2D eigenvalue weighted by molar-refractivity contribution is 6.29. The second-order valence-electron chi connectivity index (χ2n) is 4.66. The molecule has 2 rings (SSSR count). The number of hydrogen-bond donors (Lipinski definition) is 2. The largest absolute Gasteiger partial charge is 0.447 e. The third-order valence-electron chi connectivity index (χ3n) is 2.88. The fraction of sp³-hybridized carbons (Fsp3) is 0.188. The van der Waals surface area contributed by atoms with E-state index in [4.69, 9.17) is 21.1 Å². The Bertz CT molecular complexity index is 707. The van der Waals surface area contributed by atoms with Gasteiger partial charge in [-0.3, -0.25) is 10.1 Å². The molecule has 0 bridgehead atoms. The van der Waals surface area contributed by atoms with Crippen LogP contribution in [0.25, 0.3) is 0 Å². The first-order valence-electron chi connectivity index (χ1n) is 7.04. The van der Waals surface area contributed by atoms with Crippen molar-refractivity contribution < 1.29 is 19.1 Å². The lowest BCUT2D eigenvalue weighted by Gasteiger charge is -2.09. The second kappa shape index (κ2) is 8.85. The topological polar surface area (TPSA) is 89.5 Å². The molecule has 126 valence electrons. The van der Waals surface area contributed by atoms with Crippen molar-refractivity contribution in [1.29, 1.82) is 0 Å². The Morgan fingerprint density at radius 1 is 1.12 bits per heavy atom. The monoisotopic (exact) mass is 349 g/mol. The number of carbonyl (C=O) groups is 2. The highest BCUT2D eigenvalue weighted by Gasteiger charge is 2.08. The lowest BCUT2D eigenvalue weighted by Crippen LogP contribution is -2.17. The van der Waals surface area contributed by atoms with E-state index in [1.54, 1.807) is 30.3 Å². The number of amides is 2. The van der Waals surface area contributed by atoms with Gasteiger partial charge in [-0.2, -0.15) is 0 Å². The molecular weight excluding hydrogens is 334 g/mol. The summed E-state index contributed by atoms with van der Waals surface area (Å²) in [4.78, 5) is 27.5. The summed E-state index contributed by atoms with van der Waals surface area (Å²) in [5.41, 5.74) is 1.38. The summed E-state index contributed by atoms with van der Waals surface area (Å²) in [6.45, 7) is 0.473. The fourth-order valence-electron chi connectivity index (χ4n) is 1.76. The van der Waals surface area contributed by atoms with Gasteiger partial charge >= 0.3 is 6.09 Å². The molecule has 2 N–H and O–H groups in total. The molecule has 0 atom stereocenters. The van der Waals surface area contributed by atoms with Crippen molar-refractivity contribution >= 4 is 35.0 Å². The van der Waals surface area contributed by atoms with Gasteiger partial charge in [0.2, 0.25) is 0 Å². The van der Waals surface area contributed by atoms with Crippen LogP contribution in [0.1, 0.15) is 10.4 Å². The zero-order valence-corrected chi connectivity index (χ0v) is 13.7. The maximum absolute atomic E-state index is 12.1. The molecule has 0 saturated heterocycles. The SMILES string of the molecule is COCCOC(=O)Nc1cccc(NC(=O)c2ccc(Cl)nc2)c1. The normalized spacial score (nSPS) is 10.1. The molecule has 0 aliphatic carbocycles. The van der Waals surface area contributed by atoms with Crippen LogP contribution < -0.4 is 10.6 Å². The molecule has 0 aliphatic rings. The average molecular weight is 350 g/mol. The van der Waals surface area contributed by atoms with E-state index in [0.717, 1.165) is 0 Å². The number of rotatable bonds is 6. The van der Waals surface area contributed by atoms with Crippen LogP contribution in [-0.4, -0.2) is 37.3 Å². The van der Waals surface area contributed by atoms with Gasteiger partial charge in [-0.15, -0.1) is 0 Å². The number of benzene rings is 1. The molecule has 2 aromatic rings. The quantitative estimate of drug-likeness (QED) is 0.617. The highest BCUT2D eigenvalue weighted by atomic mass is 35.5. The molecule has 0 radical (unpaired) electrons. The van der Waals surface area contributed by atoms with E-state index in [9.17, 15) is 9.59 Å². The van der Waals surface area contributed by atoms with Crippen molar-refractivity contribution in [1.82, 2.24) is 4.98 Å². The summed E-state index contributed by atoms with van der Waals surface area (Å²) >= 11 is 5.69. The van der Waals surface area contributed by atoms with Crippen molar-refractivity contribution in [2.45, 2.75) is 0 Å². The van der Waals surface area contributed by atoms with Crippen molar-refractivity contribution in [2.75, 3.05) is 31.0 Å². The van der Waals surface area contributed by atoms with Crippen LogP contribution in [-0.2, 0) is 9.47 Å². The van der Waals surface area contributed by atoms with Crippen LogP contribution in [0.15, 0.2) is 42.6 Å². The summed E-state index contributed by atoms with van der Waals surface area (Å²) in [5, 5.41) is 5.58. The maximum atomic E-state index is 12.1. The molecule has 1 aromatic carbocycles. The Labute approximate surface area is 143 Å². The third kappa shape index (κ3) is 5.53. The summed E-state index contributed by atoms with van der Waals surface area (Å²) in [5.74, 6) is -0.334. The van der Waals surface area contributed by atoms with Crippen LogP contribution >= 0.6 is 11.6 Å². The minimum Gasteiger partial charge on any atom is -0.447 e. The average Bonchev–Trinajstić information content (AvgIpc) is 2.56. The summed E-state index contributed by atoms with van der Waals surface area (Å²) in [7, 11) is 1.52. The van der Waals surface area contributed by atoms with Gasteiger partial charge in [0, 0.05) is 24.7 Å². The van der Waals surface area contributed by atoms with Crippen molar-refractivity contribution in [3.05, 3.63) is 53.3 Å². The van der Waals surface area contributed by atoms with E-state index >= 15 is 0 Å². The second-order valence-corrected chi connectivity index (χ2v) is 5.05. The number of ether oxygens (including phenoxy) is 2. The van der Waals surface area contributed by atoms with Crippen molar-refractivity contribution in [3.63, 3.8) is 0 Å². The molecule has 0 fully saturated rings. The van der Waals surface area contributed by atoms with Gasteiger partial charge in [0.25, 0.3) is 5.91 Å². The molecule has 0 unspecified atom stereocenters. The van der Waals surface area contributed by atoms with Crippen molar-refractivity contribution in [2.24, 2.45) is 0 Å². The standard InChI is InChI=1S/C16H16ClN3O4/c1-23-7-8-24-16(22)20-13-4-2-3-12(9-13)19-15(21)11-5-6-14(17)18-10-11/h2-6,9-10H,7-8H2,1H3,(H,19,21)(H,20,22). The molecule has 8 heteroatoms. The molecule has 1 heterocycles. The number of anilines is 2. The smallest absolute Gasteiger partial charge is 0.411 e. The molecule has 1 aromatic heterocycles. The molecule has 2 amide bonds. The predicted octanol–water partition coefficient (Wildman–Crippen LogP) is 3.18. The fourth-order valence-corrected chi connectivity index (χ4v) is 1.87. The Balaban J connectivity index is 1.95. The van der Waals surface area contributed by atoms with Crippen LogP contribution in [0.4, 0.5) is 16.2 Å². The number of nitrogens with one attached hydrogen (secondary N) is 2. The van der Waals surface area contributed by atoms with Crippen molar-refractivity contribution in [3.8, 4) is 0 Å². The lowest BCUT2D eigenvalue weighted by atomic mass is 10.2. The van der Waals surface area contributed by atoms with E-state index in [-0.39, 0.29) is 12.5 Å². The number of hydrogen-bond acceptors (Lipinski definition) is 5. The van der Waals surface area contributed by atoms with Gasteiger partial charge in [0.05, 0.1) is 12.2 Å². The minimum absolute atomic E-state index is 0.155. The van der Waals surface area contributed by atoms with Gasteiger partial charge in [0.15, 0.2) is 0 Å². The minimum atomic E-state index is -0.600. The zero-order chi connectivity index (χ0) is 17.4. The predicted molar refractivity (Wildman–Crippen MR) is 90.5 cm³/mol. The number of aromatic nitrogens is 1. The van der Waals surface area contributed by atoms with E-state index in [0.29, 0.717) is 28.7 Å². The Morgan fingerprint density at radius 3 is 2.54 bits per heavy atom. The van der Waals surface area contributed by atoms with E-state index in [2.05, 4.69) is 15.6 Å². The van der Waals surface area contributed by atoms with Gasteiger partial charge in [-0.1, -0.05) is 17.7 Å². The van der Waals surface area contributed by atoms with Gasteiger partial charge in [0.1, 0.15) is 11.8 Å². The molecule has 24 heavy (non-hydrogen) atoms. The highest BCUT2D eigenvalue weighted by Crippen LogP contribution is 2.16. The number of nitrogens with zero attached hydrogens (tertiary/aromatic N) is 1. The van der Waals surface area contributed by atoms with Crippen LogP contribution in [0.3, 0.4) is 0 Å². The molecule has 0 saturated carbocycles. The first-order valence-corrected chi connectivity index (χ1v) is 7.42. The number of halogens is 1. The van der Waals surface area contributed by atoms with Crippen LogP contribution in [0.5, 0.6) is 0 Å². The van der Waals surface area contributed by atoms with Gasteiger partial charge in [-0.25, -0.2) is 9.78 Å².